The SMILES string of the molecule is CC1=CCc2ccccc21.CCCCC1=CCC=C1.[CH3-].[CH3-].[Cl][Zr+2][Cl]. The van der Waals surface area contributed by atoms with Gasteiger partial charge in [-0.25, -0.2) is 0 Å². The van der Waals surface area contributed by atoms with E-state index in [9.17, 15) is 0 Å². The predicted molar refractivity (Wildman–Crippen MR) is 110 cm³/mol. The van der Waals surface area contributed by atoms with E-state index in [0.29, 0.717) is 0 Å². The molecule has 0 nitrogen and oxygen atoms in total. The summed E-state index contributed by atoms with van der Waals surface area (Å²) in [4.78, 5) is 0. The molecule has 0 heterocycles. The molecule has 132 valence electrons. The van der Waals surface area contributed by atoms with E-state index in [2.05, 4.69) is 62.4 Å². The number of hydrogen-bond acceptors (Lipinski definition) is 0. The van der Waals surface area contributed by atoms with Gasteiger partial charge in [0.2, 0.25) is 0 Å². The Kier molecular flexibility index (Phi) is 17.8. The van der Waals surface area contributed by atoms with Gasteiger partial charge in [-0.3, -0.25) is 0 Å². The summed E-state index contributed by atoms with van der Waals surface area (Å²) in [6.45, 7) is 4.41. The number of hydrogen-bond donors (Lipinski definition) is 0. The third-order valence-corrected chi connectivity index (χ3v) is 3.74. The fourth-order valence-electron chi connectivity index (χ4n) is 2.53. The molecule has 0 aromatic heterocycles. The van der Waals surface area contributed by atoms with Crippen molar-refractivity contribution in [2.75, 3.05) is 0 Å². The van der Waals surface area contributed by atoms with E-state index in [4.69, 9.17) is 17.0 Å². The molecule has 2 aliphatic rings. The van der Waals surface area contributed by atoms with Crippen molar-refractivity contribution in [2.45, 2.75) is 46.0 Å². The van der Waals surface area contributed by atoms with Crippen molar-refractivity contribution in [2.24, 2.45) is 0 Å². The molecule has 3 heteroatoms. The standard InChI is InChI=1S/C10H10.C9H14.2CH3.2ClH.Zr/c1-8-6-7-9-4-2-3-5-10(8)9;1-2-3-6-9-7-4-5-8-9;;;;;/h2-6H,7H2,1H3;4,7-8H,2-3,5-6H2,1H3;2*1H3;2*1H;/q;;2*-1;;;+4/p-2. The van der Waals surface area contributed by atoms with Gasteiger partial charge in [0.05, 0.1) is 0 Å². The van der Waals surface area contributed by atoms with Gasteiger partial charge >= 0.3 is 37.9 Å². The minimum atomic E-state index is -0.826. The second-order valence-corrected chi connectivity index (χ2v) is 9.07. The molecule has 24 heavy (non-hydrogen) atoms. The zero-order valence-electron chi connectivity index (χ0n) is 15.4. The molecule has 0 N–H and O–H groups in total. The van der Waals surface area contributed by atoms with E-state index < -0.39 is 20.8 Å². The van der Waals surface area contributed by atoms with Gasteiger partial charge in [0.25, 0.3) is 0 Å². The Morgan fingerprint density at radius 1 is 1.08 bits per heavy atom. The van der Waals surface area contributed by atoms with Crippen molar-refractivity contribution in [3.8, 4) is 0 Å². The molecular formula is C21H30Cl2Zr. The summed E-state index contributed by atoms with van der Waals surface area (Å²) < 4.78 is 0. The third kappa shape index (κ3) is 10.0. The number of rotatable bonds is 3. The van der Waals surface area contributed by atoms with Crippen LogP contribution in [0.25, 0.3) is 5.57 Å². The van der Waals surface area contributed by atoms with Crippen LogP contribution in [-0.4, -0.2) is 0 Å². The van der Waals surface area contributed by atoms with Crippen LogP contribution in [0.4, 0.5) is 0 Å². The summed E-state index contributed by atoms with van der Waals surface area (Å²) in [5.74, 6) is 0. The van der Waals surface area contributed by atoms with Crippen molar-refractivity contribution in [3.63, 3.8) is 0 Å². The molecule has 0 unspecified atom stereocenters. The maximum atomic E-state index is 4.93. The Balaban J connectivity index is 0. The molecule has 0 atom stereocenters. The molecule has 1 aromatic rings. The van der Waals surface area contributed by atoms with Crippen LogP contribution in [0.5, 0.6) is 0 Å². The van der Waals surface area contributed by atoms with Crippen LogP contribution >= 0.6 is 17.0 Å². The van der Waals surface area contributed by atoms with Crippen LogP contribution in [0.3, 0.4) is 0 Å². The van der Waals surface area contributed by atoms with Crippen molar-refractivity contribution in [1.29, 1.82) is 0 Å². The number of benzene rings is 1. The van der Waals surface area contributed by atoms with Crippen molar-refractivity contribution >= 4 is 22.6 Å². The van der Waals surface area contributed by atoms with Gasteiger partial charge in [-0.2, -0.15) is 0 Å². The molecule has 0 fully saturated rings. The first-order valence-corrected chi connectivity index (χ1v) is 14.1. The Morgan fingerprint density at radius 2 is 1.75 bits per heavy atom. The monoisotopic (exact) mass is 442 g/mol. The van der Waals surface area contributed by atoms with Gasteiger partial charge in [0, 0.05) is 0 Å². The van der Waals surface area contributed by atoms with Crippen LogP contribution in [0.15, 0.2) is 54.1 Å². The number of halogens is 2. The first-order valence-electron chi connectivity index (χ1n) is 7.79. The zero-order valence-corrected chi connectivity index (χ0v) is 19.4. The second-order valence-electron chi connectivity index (χ2n) is 5.34. The Hall–Kier alpha value is -0.0969. The fourth-order valence-corrected chi connectivity index (χ4v) is 2.53. The van der Waals surface area contributed by atoms with E-state index in [1.54, 1.807) is 0 Å². The average molecular weight is 445 g/mol. The zero-order chi connectivity index (χ0) is 16.2. The van der Waals surface area contributed by atoms with Gasteiger partial charge < -0.3 is 14.9 Å². The van der Waals surface area contributed by atoms with Gasteiger partial charge in [0.15, 0.2) is 0 Å². The summed E-state index contributed by atoms with van der Waals surface area (Å²) >= 11 is -0.826. The summed E-state index contributed by atoms with van der Waals surface area (Å²) in [6.07, 6.45) is 15.3. The first kappa shape index (κ1) is 26.1. The topological polar surface area (TPSA) is 0 Å². The summed E-state index contributed by atoms with van der Waals surface area (Å²) in [7, 11) is 9.87. The van der Waals surface area contributed by atoms with Crippen LogP contribution < -0.4 is 0 Å². The Morgan fingerprint density at radius 3 is 2.29 bits per heavy atom. The fraction of sp³-hybridized carbons (Fsp3) is 0.333. The normalized spacial score (nSPS) is 12.7. The molecule has 0 saturated carbocycles. The Labute approximate surface area is 168 Å². The third-order valence-electron chi connectivity index (χ3n) is 3.74. The summed E-state index contributed by atoms with van der Waals surface area (Å²) in [5.41, 5.74) is 5.87. The molecule has 2 aliphatic carbocycles. The predicted octanol–water partition coefficient (Wildman–Crippen LogP) is 7.99. The second kappa shape index (κ2) is 16.4. The molecular weight excluding hydrogens is 414 g/mol. The van der Waals surface area contributed by atoms with Crippen molar-refractivity contribution < 1.29 is 20.8 Å². The van der Waals surface area contributed by atoms with Gasteiger partial charge in [-0.15, -0.1) is 0 Å². The minimum absolute atomic E-state index is 0. The van der Waals surface area contributed by atoms with Gasteiger partial charge in [-0.1, -0.05) is 67.5 Å². The van der Waals surface area contributed by atoms with Crippen LogP contribution in [0.2, 0.25) is 0 Å². The van der Waals surface area contributed by atoms with Gasteiger partial charge in [-0.05, 0) is 49.3 Å². The molecule has 0 aliphatic heterocycles. The van der Waals surface area contributed by atoms with E-state index in [1.807, 2.05) is 0 Å². The van der Waals surface area contributed by atoms with Crippen LogP contribution in [0.1, 0.15) is 50.7 Å². The molecule has 0 spiro atoms. The van der Waals surface area contributed by atoms with E-state index >= 15 is 0 Å². The molecule has 0 radical (unpaired) electrons. The molecule has 1 aromatic carbocycles. The van der Waals surface area contributed by atoms with Crippen LogP contribution in [-0.2, 0) is 27.3 Å². The van der Waals surface area contributed by atoms with Crippen molar-refractivity contribution in [3.05, 3.63) is 80.1 Å². The molecule has 0 saturated heterocycles. The average Bonchev–Trinajstić information content (AvgIpc) is 3.17. The quantitative estimate of drug-likeness (QED) is 0.415. The number of allylic oxidation sites excluding steroid dienone is 6. The van der Waals surface area contributed by atoms with E-state index in [1.165, 1.54) is 48.0 Å². The molecule has 0 amide bonds. The molecule has 0 bridgehead atoms. The van der Waals surface area contributed by atoms with E-state index in [-0.39, 0.29) is 14.9 Å². The van der Waals surface area contributed by atoms with Gasteiger partial charge in [0.1, 0.15) is 0 Å². The summed E-state index contributed by atoms with van der Waals surface area (Å²) in [6, 6.07) is 8.59. The summed E-state index contributed by atoms with van der Waals surface area (Å²) in [5, 5.41) is 0. The Bertz CT molecular complexity index is 530. The number of unbranched alkanes of at least 4 members (excludes halogenated alkanes) is 1. The number of fused-ring (bicyclic) bond motifs is 1. The van der Waals surface area contributed by atoms with Crippen molar-refractivity contribution in [1.82, 2.24) is 0 Å². The molecule has 3 rings (SSSR count). The first-order chi connectivity index (χ1) is 10.7. The maximum absolute atomic E-state index is 4.93. The van der Waals surface area contributed by atoms with E-state index in [0.717, 1.165) is 6.42 Å². The van der Waals surface area contributed by atoms with Crippen LogP contribution in [0, 0.1) is 14.9 Å².